The Morgan fingerprint density at radius 3 is 2.45 bits per heavy atom. The van der Waals surface area contributed by atoms with Gasteiger partial charge < -0.3 is 5.11 Å². The van der Waals surface area contributed by atoms with Gasteiger partial charge in [0.1, 0.15) is 0 Å². The Morgan fingerprint density at radius 2 is 1.91 bits per heavy atom. The Hall–Kier alpha value is 0.430. The average molecular weight is 266 g/mol. The van der Waals surface area contributed by atoms with Gasteiger partial charge in [-0.25, -0.2) is 0 Å². The summed E-state index contributed by atoms with van der Waals surface area (Å²) in [5, 5.41) is 9.58. The van der Waals surface area contributed by atoms with E-state index >= 15 is 0 Å². The standard InChI is InChI=1S/C9H15IO/c10-7-6-9(11)8-4-2-1-3-5-8/h6-9,11H,1-5H2/b7-6+. The molecule has 0 radical (unpaired) electrons. The molecular formula is C9H15IO. The summed E-state index contributed by atoms with van der Waals surface area (Å²) in [4.78, 5) is 0. The minimum atomic E-state index is -0.188. The maximum absolute atomic E-state index is 9.58. The van der Waals surface area contributed by atoms with E-state index < -0.39 is 0 Å². The van der Waals surface area contributed by atoms with Crippen LogP contribution >= 0.6 is 22.6 Å². The average Bonchev–Trinajstić information content (AvgIpc) is 2.07. The zero-order valence-electron chi connectivity index (χ0n) is 6.67. The molecule has 1 N–H and O–H groups in total. The molecule has 1 aliphatic rings. The molecule has 0 saturated heterocycles. The van der Waals surface area contributed by atoms with Gasteiger partial charge in [0, 0.05) is 0 Å². The SMILES string of the molecule is OC(/C=C/I)C1CCCCC1. The van der Waals surface area contributed by atoms with Gasteiger partial charge in [0.2, 0.25) is 0 Å². The van der Waals surface area contributed by atoms with Crippen LogP contribution in [0.1, 0.15) is 32.1 Å². The van der Waals surface area contributed by atoms with E-state index in [9.17, 15) is 5.11 Å². The largest absolute Gasteiger partial charge is 0.389 e. The highest BCUT2D eigenvalue weighted by Gasteiger charge is 2.18. The minimum Gasteiger partial charge on any atom is -0.389 e. The van der Waals surface area contributed by atoms with Gasteiger partial charge in [0.15, 0.2) is 0 Å². The first-order valence-corrected chi connectivity index (χ1v) is 5.54. The van der Waals surface area contributed by atoms with E-state index in [4.69, 9.17) is 0 Å². The number of aliphatic hydroxyl groups excluding tert-OH is 1. The third-order valence-corrected chi connectivity index (χ3v) is 2.82. The van der Waals surface area contributed by atoms with Crippen LogP contribution in [0.5, 0.6) is 0 Å². The van der Waals surface area contributed by atoms with Gasteiger partial charge in [-0.15, -0.1) is 0 Å². The molecule has 2 heteroatoms. The van der Waals surface area contributed by atoms with Crippen LogP contribution in [0, 0.1) is 5.92 Å². The molecule has 1 saturated carbocycles. The number of hydrogen-bond donors (Lipinski definition) is 1. The molecule has 0 heterocycles. The smallest absolute Gasteiger partial charge is 0.0756 e. The summed E-state index contributed by atoms with van der Waals surface area (Å²) in [5.74, 6) is 0.537. The molecule has 11 heavy (non-hydrogen) atoms. The van der Waals surface area contributed by atoms with Gasteiger partial charge in [0.25, 0.3) is 0 Å². The summed E-state index contributed by atoms with van der Waals surface area (Å²) in [5.41, 5.74) is 0. The van der Waals surface area contributed by atoms with Crippen LogP contribution in [0.15, 0.2) is 10.2 Å². The lowest BCUT2D eigenvalue weighted by molar-refractivity contribution is 0.125. The summed E-state index contributed by atoms with van der Waals surface area (Å²) in [6.45, 7) is 0. The Kier molecular flexibility index (Phi) is 4.45. The Labute approximate surface area is 82.0 Å². The molecule has 64 valence electrons. The van der Waals surface area contributed by atoms with Crippen LogP contribution in [0.25, 0.3) is 0 Å². The molecule has 1 aliphatic carbocycles. The predicted octanol–water partition coefficient (Wildman–Crippen LogP) is 2.88. The van der Waals surface area contributed by atoms with Crippen molar-refractivity contribution in [2.45, 2.75) is 38.2 Å². The van der Waals surface area contributed by atoms with E-state index in [-0.39, 0.29) is 6.10 Å². The van der Waals surface area contributed by atoms with Gasteiger partial charge in [-0.05, 0) is 28.9 Å². The normalized spacial score (nSPS) is 24.2. The maximum atomic E-state index is 9.58. The highest BCUT2D eigenvalue weighted by molar-refractivity contribution is 14.1. The molecule has 0 spiro atoms. The van der Waals surface area contributed by atoms with Crippen molar-refractivity contribution in [3.8, 4) is 0 Å². The number of hydrogen-bond acceptors (Lipinski definition) is 1. The van der Waals surface area contributed by atoms with Crippen LogP contribution in [-0.4, -0.2) is 11.2 Å². The first-order chi connectivity index (χ1) is 5.34. The highest BCUT2D eigenvalue weighted by Crippen LogP contribution is 2.26. The number of halogens is 1. The second-order valence-corrected chi connectivity index (χ2v) is 3.93. The lowest BCUT2D eigenvalue weighted by atomic mass is 9.85. The van der Waals surface area contributed by atoms with Crippen molar-refractivity contribution in [1.82, 2.24) is 0 Å². The van der Waals surface area contributed by atoms with Crippen molar-refractivity contribution in [1.29, 1.82) is 0 Å². The van der Waals surface area contributed by atoms with Crippen LogP contribution in [0.2, 0.25) is 0 Å². The fourth-order valence-corrected chi connectivity index (χ4v) is 2.13. The van der Waals surface area contributed by atoms with Crippen molar-refractivity contribution in [2.24, 2.45) is 5.92 Å². The molecule has 0 bridgehead atoms. The highest BCUT2D eigenvalue weighted by atomic mass is 127. The van der Waals surface area contributed by atoms with Gasteiger partial charge >= 0.3 is 0 Å². The third-order valence-electron chi connectivity index (χ3n) is 2.40. The molecular weight excluding hydrogens is 251 g/mol. The summed E-state index contributed by atoms with van der Waals surface area (Å²) in [6.07, 6.45) is 8.10. The van der Waals surface area contributed by atoms with E-state index in [1.54, 1.807) is 0 Å². The molecule has 0 aromatic rings. The summed E-state index contributed by atoms with van der Waals surface area (Å²) in [7, 11) is 0. The van der Waals surface area contributed by atoms with Crippen LogP contribution < -0.4 is 0 Å². The topological polar surface area (TPSA) is 20.2 Å². The van der Waals surface area contributed by atoms with Gasteiger partial charge in [-0.1, -0.05) is 41.9 Å². The maximum Gasteiger partial charge on any atom is 0.0756 e. The van der Waals surface area contributed by atoms with E-state index in [0.29, 0.717) is 5.92 Å². The molecule has 1 atom stereocenters. The minimum absolute atomic E-state index is 0.188. The summed E-state index contributed by atoms with van der Waals surface area (Å²) in [6, 6.07) is 0. The lowest BCUT2D eigenvalue weighted by Crippen LogP contribution is -2.20. The molecule has 1 fully saturated rings. The quantitative estimate of drug-likeness (QED) is 0.762. The molecule has 1 nitrogen and oxygen atoms in total. The second-order valence-electron chi connectivity index (χ2n) is 3.21. The third kappa shape index (κ3) is 3.11. The van der Waals surface area contributed by atoms with Crippen molar-refractivity contribution in [3.05, 3.63) is 10.2 Å². The Bertz CT molecular complexity index is 128. The van der Waals surface area contributed by atoms with Crippen molar-refractivity contribution < 1.29 is 5.11 Å². The van der Waals surface area contributed by atoms with Gasteiger partial charge in [-0.2, -0.15) is 0 Å². The molecule has 1 rings (SSSR count). The fourth-order valence-electron chi connectivity index (χ4n) is 1.71. The number of aliphatic hydroxyl groups is 1. The predicted molar refractivity (Wildman–Crippen MR) is 55.7 cm³/mol. The van der Waals surface area contributed by atoms with Gasteiger partial charge in [-0.3, -0.25) is 0 Å². The lowest BCUT2D eigenvalue weighted by Gasteiger charge is -2.24. The molecule has 0 aromatic carbocycles. The number of rotatable bonds is 2. The van der Waals surface area contributed by atoms with E-state index in [1.165, 1.54) is 32.1 Å². The van der Waals surface area contributed by atoms with Gasteiger partial charge in [0.05, 0.1) is 6.10 Å². The van der Waals surface area contributed by atoms with Crippen molar-refractivity contribution in [2.75, 3.05) is 0 Å². The second kappa shape index (κ2) is 5.14. The Morgan fingerprint density at radius 1 is 1.27 bits per heavy atom. The van der Waals surface area contributed by atoms with Crippen LogP contribution in [0.4, 0.5) is 0 Å². The summed E-state index contributed by atoms with van der Waals surface area (Å²) >= 11 is 2.16. The Balaban J connectivity index is 2.32. The summed E-state index contributed by atoms with van der Waals surface area (Å²) < 4.78 is 1.91. The molecule has 1 unspecified atom stereocenters. The van der Waals surface area contributed by atoms with E-state index in [1.807, 2.05) is 10.2 Å². The van der Waals surface area contributed by atoms with Crippen LogP contribution in [0.3, 0.4) is 0 Å². The molecule has 0 aliphatic heterocycles. The van der Waals surface area contributed by atoms with Crippen molar-refractivity contribution >= 4 is 22.6 Å². The van der Waals surface area contributed by atoms with Crippen LogP contribution in [-0.2, 0) is 0 Å². The molecule has 0 amide bonds. The zero-order chi connectivity index (χ0) is 8.10. The monoisotopic (exact) mass is 266 g/mol. The first kappa shape index (κ1) is 9.52. The van der Waals surface area contributed by atoms with Crippen molar-refractivity contribution in [3.63, 3.8) is 0 Å². The molecule has 0 aromatic heterocycles. The van der Waals surface area contributed by atoms with E-state index in [0.717, 1.165) is 0 Å². The van der Waals surface area contributed by atoms with E-state index in [2.05, 4.69) is 22.6 Å². The first-order valence-electron chi connectivity index (χ1n) is 4.29. The fraction of sp³-hybridized carbons (Fsp3) is 0.778. The zero-order valence-corrected chi connectivity index (χ0v) is 8.83.